The van der Waals surface area contributed by atoms with Crippen LogP contribution in [0, 0.1) is 0 Å². The van der Waals surface area contributed by atoms with E-state index in [4.69, 9.17) is 11.6 Å². The summed E-state index contributed by atoms with van der Waals surface area (Å²) in [5.74, 6) is 0. The van der Waals surface area contributed by atoms with Crippen molar-refractivity contribution in [3.63, 3.8) is 0 Å². The first-order valence-electron chi connectivity index (χ1n) is 3.48. The first-order valence-corrected chi connectivity index (χ1v) is 5.30. The highest BCUT2D eigenvalue weighted by atomic mass is 35.5. The van der Waals surface area contributed by atoms with Crippen LogP contribution in [0.15, 0.2) is 23.4 Å². The molecule has 0 amide bonds. The van der Waals surface area contributed by atoms with Gasteiger partial charge < -0.3 is 0 Å². The van der Waals surface area contributed by atoms with Crippen molar-refractivity contribution in [1.82, 2.24) is 9.29 Å². The fourth-order valence-corrected chi connectivity index (χ4v) is 2.05. The van der Waals surface area contributed by atoms with Gasteiger partial charge in [0.05, 0.1) is 5.02 Å². The highest BCUT2D eigenvalue weighted by Crippen LogP contribution is 2.21. The number of pyridine rings is 1. The molecular formula is C7H9ClN2O2S. The van der Waals surface area contributed by atoms with Gasteiger partial charge in [0.15, 0.2) is 0 Å². The molecule has 0 aromatic carbocycles. The monoisotopic (exact) mass is 220 g/mol. The molecule has 0 aliphatic heterocycles. The minimum absolute atomic E-state index is 0.0293. The predicted octanol–water partition coefficient (Wildman–Crippen LogP) is 0.985. The van der Waals surface area contributed by atoms with E-state index in [0.29, 0.717) is 0 Å². The molecule has 1 aromatic rings. The third-order valence-corrected chi connectivity index (χ3v) is 3.78. The topological polar surface area (TPSA) is 50.3 Å². The quantitative estimate of drug-likeness (QED) is 0.747. The number of hydrogen-bond donors (Lipinski definition) is 0. The second kappa shape index (κ2) is 3.61. The maximum absolute atomic E-state index is 11.6. The highest BCUT2D eigenvalue weighted by Gasteiger charge is 2.20. The second-order valence-corrected chi connectivity index (χ2v) is 5.12. The summed E-state index contributed by atoms with van der Waals surface area (Å²) in [6, 6.07) is 1.44. The molecule has 0 bridgehead atoms. The summed E-state index contributed by atoms with van der Waals surface area (Å²) in [6.07, 6.45) is 2.68. The molecule has 0 aliphatic rings. The summed E-state index contributed by atoms with van der Waals surface area (Å²) in [5.41, 5.74) is 0. The van der Waals surface area contributed by atoms with Crippen LogP contribution < -0.4 is 0 Å². The van der Waals surface area contributed by atoms with Gasteiger partial charge in [-0.15, -0.1) is 0 Å². The summed E-state index contributed by atoms with van der Waals surface area (Å²) in [5, 5.41) is 0.184. The lowest BCUT2D eigenvalue weighted by Crippen LogP contribution is -2.22. The minimum atomic E-state index is -3.47. The van der Waals surface area contributed by atoms with Crippen LogP contribution in [-0.4, -0.2) is 31.8 Å². The Hall–Kier alpha value is -0.650. The zero-order valence-corrected chi connectivity index (χ0v) is 8.80. The largest absolute Gasteiger partial charge is 0.263 e. The Morgan fingerprint density at radius 3 is 2.54 bits per heavy atom. The molecule has 0 spiro atoms. The van der Waals surface area contributed by atoms with Crippen LogP contribution in [0.25, 0.3) is 0 Å². The van der Waals surface area contributed by atoms with Gasteiger partial charge in [0.2, 0.25) is 10.0 Å². The van der Waals surface area contributed by atoms with Crippen molar-refractivity contribution >= 4 is 21.6 Å². The van der Waals surface area contributed by atoms with Gasteiger partial charge in [0.1, 0.15) is 4.90 Å². The fraction of sp³-hybridized carbons (Fsp3) is 0.286. The molecule has 0 N–H and O–H groups in total. The second-order valence-electron chi connectivity index (χ2n) is 2.59. The summed E-state index contributed by atoms with van der Waals surface area (Å²) < 4.78 is 24.2. The van der Waals surface area contributed by atoms with Crippen LogP contribution in [0.2, 0.25) is 5.02 Å². The third kappa shape index (κ3) is 1.99. The maximum Gasteiger partial charge on any atom is 0.245 e. The van der Waals surface area contributed by atoms with Crippen LogP contribution in [0.5, 0.6) is 0 Å². The number of rotatable bonds is 2. The van der Waals surface area contributed by atoms with Crippen LogP contribution >= 0.6 is 11.6 Å². The van der Waals surface area contributed by atoms with E-state index in [9.17, 15) is 8.42 Å². The number of halogens is 1. The van der Waals surface area contributed by atoms with Crippen molar-refractivity contribution < 1.29 is 8.42 Å². The predicted molar refractivity (Wildman–Crippen MR) is 50.1 cm³/mol. The smallest absolute Gasteiger partial charge is 0.245 e. The molecule has 13 heavy (non-hydrogen) atoms. The van der Waals surface area contributed by atoms with E-state index in [1.165, 1.54) is 32.6 Å². The first-order chi connectivity index (χ1) is 5.96. The van der Waals surface area contributed by atoms with Gasteiger partial charge in [-0.3, -0.25) is 4.98 Å². The molecule has 72 valence electrons. The average Bonchev–Trinajstić information content (AvgIpc) is 2.04. The number of nitrogens with zero attached hydrogens (tertiary/aromatic N) is 2. The molecule has 0 radical (unpaired) electrons. The number of hydrogen-bond acceptors (Lipinski definition) is 3. The van der Waals surface area contributed by atoms with Crippen LogP contribution in [-0.2, 0) is 10.0 Å². The average molecular weight is 221 g/mol. The standard InChI is InChI=1S/C7H9ClN2O2S/c1-10(2)13(11,12)7-5-9-4-3-6(7)8/h3-5H,1-2H3. The van der Waals surface area contributed by atoms with Gasteiger partial charge in [-0.2, -0.15) is 0 Å². The fourth-order valence-electron chi connectivity index (χ4n) is 0.750. The van der Waals surface area contributed by atoms with Crippen molar-refractivity contribution in [1.29, 1.82) is 0 Å². The molecule has 1 heterocycles. The Balaban J connectivity index is 3.32. The van der Waals surface area contributed by atoms with Crippen molar-refractivity contribution in [2.45, 2.75) is 4.90 Å². The lowest BCUT2D eigenvalue weighted by atomic mass is 10.5. The van der Waals surface area contributed by atoms with Crippen LogP contribution in [0.4, 0.5) is 0 Å². The van der Waals surface area contributed by atoms with E-state index in [2.05, 4.69) is 4.98 Å². The summed E-state index contributed by atoms with van der Waals surface area (Å²) in [7, 11) is -0.582. The molecule has 6 heteroatoms. The zero-order valence-electron chi connectivity index (χ0n) is 7.23. The van der Waals surface area contributed by atoms with Gasteiger partial charge in [-0.25, -0.2) is 12.7 Å². The normalized spacial score (nSPS) is 12.0. The van der Waals surface area contributed by atoms with Crippen LogP contribution in [0.3, 0.4) is 0 Å². The Kier molecular flexibility index (Phi) is 2.90. The minimum Gasteiger partial charge on any atom is -0.263 e. The van der Waals surface area contributed by atoms with Gasteiger partial charge in [0, 0.05) is 26.5 Å². The van der Waals surface area contributed by atoms with E-state index in [-0.39, 0.29) is 9.92 Å². The zero-order chi connectivity index (χ0) is 10.1. The SMILES string of the molecule is CN(C)S(=O)(=O)c1cnccc1Cl. The third-order valence-electron chi connectivity index (χ3n) is 1.49. The molecular weight excluding hydrogens is 212 g/mol. The van der Waals surface area contributed by atoms with Crippen LogP contribution in [0.1, 0.15) is 0 Å². The lowest BCUT2D eigenvalue weighted by molar-refractivity contribution is 0.520. The summed E-state index contributed by atoms with van der Waals surface area (Å²) >= 11 is 5.71. The number of sulfonamides is 1. The van der Waals surface area contributed by atoms with Crippen molar-refractivity contribution in [3.05, 3.63) is 23.5 Å². The van der Waals surface area contributed by atoms with Gasteiger partial charge in [-0.1, -0.05) is 11.6 Å². The van der Waals surface area contributed by atoms with E-state index < -0.39 is 10.0 Å². The molecule has 0 unspecified atom stereocenters. The maximum atomic E-state index is 11.6. The Labute approximate surface area is 82.2 Å². The molecule has 4 nitrogen and oxygen atoms in total. The van der Waals surface area contributed by atoms with Gasteiger partial charge in [0.25, 0.3) is 0 Å². The first kappa shape index (κ1) is 10.4. The molecule has 0 saturated heterocycles. The Morgan fingerprint density at radius 2 is 2.08 bits per heavy atom. The lowest BCUT2D eigenvalue weighted by Gasteiger charge is -2.11. The molecule has 0 fully saturated rings. The summed E-state index contributed by atoms with van der Waals surface area (Å²) in [4.78, 5) is 3.73. The van der Waals surface area contributed by atoms with Crippen molar-refractivity contribution in [2.24, 2.45) is 0 Å². The molecule has 1 aromatic heterocycles. The van der Waals surface area contributed by atoms with Gasteiger partial charge in [-0.05, 0) is 6.07 Å². The van der Waals surface area contributed by atoms with E-state index in [1.54, 1.807) is 0 Å². The molecule has 0 atom stereocenters. The van der Waals surface area contributed by atoms with E-state index in [0.717, 1.165) is 4.31 Å². The van der Waals surface area contributed by atoms with E-state index >= 15 is 0 Å². The van der Waals surface area contributed by atoms with Crippen molar-refractivity contribution in [3.8, 4) is 0 Å². The van der Waals surface area contributed by atoms with E-state index in [1.807, 2.05) is 0 Å². The molecule has 0 saturated carbocycles. The summed E-state index contributed by atoms with van der Waals surface area (Å²) in [6.45, 7) is 0. The molecule has 1 rings (SSSR count). The Bertz CT molecular complexity index is 403. The van der Waals surface area contributed by atoms with Crippen molar-refractivity contribution in [2.75, 3.05) is 14.1 Å². The number of aromatic nitrogens is 1. The highest BCUT2D eigenvalue weighted by molar-refractivity contribution is 7.89. The molecule has 0 aliphatic carbocycles. The Morgan fingerprint density at radius 1 is 1.46 bits per heavy atom. The van der Waals surface area contributed by atoms with Gasteiger partial charge >= 0.3 is 0 Å².